The maximum absolute atomic E-state index is 12.0. The lowest BCUT2D eigenvalue weighted by atomic mass is 10.0. The fourth-order valence-electron chi connectivity index (χ4n) is 1.43. The van der Waals surface area contributed by atoms with E-state index in [0.717, 1.165) is 5.56 Å². The molecule has 0 radical (unpaired) electrons. The van der Waals surface area contributed by atoms with Crippen molar-refractivity contribution < 1.29 is 4.79 Å². The third-order valence-electron chi connectivity index (χ3n) is 2.54. The van der Waals surface area contributed by atoms with Gasteiger partial charge in [0.15, 0.2) is 0 Å². The Kier molecular flexibility index (Phi) is 2.77. The van der Waals surface area contributed by atoms with Crippen LogP contribution in [0, 0.1) is 13.8 Å². The average molecular weight is 212 g/mol. The van der Waals surface area contributed by atoms with E-state index >= 15 is 0 Å². The Labute approximate surface area is 94.2 Å². The van der Waals surface area contributed by atoms with E-state index in [0.29, 0.717) is 5.56 Å². The van der Waals surface area contributed by atoms with Crippen molar-refractivity contribution in [3.63, 3.8) is 0 Å². The van der Waals surface area contributed by atoms with Crippen LogP contribution in [0.15, 0.2) is 36.7 Å². The number of ketones is 1. The lowest BCUT2D eigenvalue weighted by Crippen LogP contribution is -2.06. The summed E-state index contributed by atoms with van der Waals surface area (Å²) in [5.74, 6) is 0.106. The summed E-state index contributed by atoms with van der Waals surface area (Å²) in [5.41, 5.74) is 2.90. The predicted molar refractivity (Wildman–Crippen MR) is 61.4 cm³/mol. The summed E-state index contributed by atoms with van der Waals surface area (Å²) < 4.78 is 0. The molecule has 0 N–H and O–H groups in total. The van der Waals surface area contributed by atoms with Crippen molar-refractivity contribution in [3.05, 3.63) is 59.2 Å². The van der Waals surface area contributed by atoms with Crippen LogP contribution in [0.3, 0.4) is 0 Å². The second kappa shape index (κ2) is 4.23. The molecule has 16 heavy (non-hydrogen) atoms. The van der Waals surface area contributed by atoms with Gasteiger partial charge in [-0.1, -0.05) is 12.1 Å². The van der Waals surface area contributed by atoms with E-state index in [1.807, 2.05) is 26.0 Å². The largest absolute Gasteiger partial charge is 0.285 e. The number of benzene rings is 1. The van der Waals surface area contributed by atoms with Gasteiger partial charge in [-0.15, -0.1) is 0 Å². The van der Waals surface area contributed by atoms with Gasteiger partial charge in [-0.3, -0.25) is 4.79 Å². The molecule has 0 saturated heterocycles. The zero-order chi connectivity index (χ0) is 11.5. The standard InChI is InChI=1S/C13H12N2O/c1-9-4-5-11(8-10(9)2)12(16)13-14-6-3-7-15-13/h3-8H,1-2H3. The van der Waals surface area contributed by atoms with Crippen molar-refractivity contribution in [1.82, 2.24) is 9.97 Å². The van der Waals surface area contributed by atoms with Crippen molar-refractivity contribution in [2.45, 2.75) is 13.8 Å². The van der Waals surface area contributed by atoms with Crippen molar-refractivity contribution in [2.75, 3.05) is 0 Å². The second-order valence-electron chi connectivity index (χ2n) is 3.70. The van der Waals surface area contributed by atoms with Gasteiger partial charge in [-0.05, 0) is 37.1 Å². The van der Waals surface area contributed by atoms with Crippen LogP contribution in [0.2, 0.25) is 0 Å². The Hall–Kier alpha value is -2.03. The van der Waals surface area contributed by atoms with Crippen LogP contribution in [0.4, 0.5) is 0 Å². The Bertz CT molecular complexity index is 521. The highest BCUT2D eigenvalue weighted by Crippen LogP contribution is 2.12. The number of aryl methyl sites for hydroxylation is 2. The molecule has 3 nitrogen and oxygen atoms in total. The quantitative estimate of drug-likeness (QED) is 0.717. The first-order valence-electron chi connectivity index (χ1n) is 5.07. The maximum atomic E-state index is 12.0. The second-order valence-corrected chi connectivity index (χ2v) is 3.70. The van der Waals surface area contributed by atoms with Gasteiger partial charge in [0.2, 0.25) is 11.6 Å². The average Bonchev–Trinajstić information content (AvgIpc) is 2.33. The molecule has 0 aliphatic rings. The first kappa shape index (κ1) is 10.5. The molecule has 1 heterocycles. The van der Waals surface area contributed by atoms with Crippen LogP contribution in [0.25, 0.3) is 0 Å². The minimum absolute atomic E-state index is 0.135. The zero-order valence-corrected chi connectivity index (χ0v) is 9.27. The van der Waals surface area contributed by atoms with E-state index in [1.54, 1.807) is 24.5 Å². The molecule has 0 aliphatic heterocycles. The smallest absolute Gasteiger partial charge is 0.230 e. The van der Waals surface area contributed by atoms with Crippen molar-refractivity contribution in [3.8, 4) is 0 Å². The summed E-state index contributed by atoms with van der Waals surface area (Å²) in [4.78, 5) is 19.9. The molecule has 80 valence electrons. The summed E-state index contributed by atoms with van der Waals surface area (Å²) >= 11 is 0. The van der Waals surface area contributed by atoms with Crippen LogP contribution in [0.5, 0.6) is 0 Å². The van der Waals surface area contributed by atoms with E-state index in [-0.39, 0.29) is 11.6 Å². The summed E-state index contributed by atoms with van der Waals surface area (Å²) in [6, 6.07) is 7.30. The fourth-order valence-corrected chi connectivity index (χ4v) is 1.43. The normalized spacial score (nSPS) is 10.1. The molecular weight excluding hydrogens is 200 g/mol. The van der Waals surface area contributed by atoms with Gasteiger partial charge in [-0.25, -0.2) is 9.97 Å². The molecule has 2 aromatic rings. The Morgan fingerprint density at radius 1 is 1.06 bits per heavy atom. The lowest BCUT2D eigenvalue weighted by molar-refractivity contribution is 0.102. The van der Waals surface area contributed by atoms with Gasteiger partial charge in [-0.2, -0.15) is 0 Å². The highest BCUT2D eigenvalue weighted by Gasteiger charge is 2.11. The van der Waals surface area contributed by atoms with E-state index < -0.39 is 0 Å². The number of hydrogen-bond acceptors (Lipinski definition) is 3. The van der Waals surface area contributed by atoms with Crippen LogP contribution < -0.4 is 0 Å². The molecule has 2 rings (SSSR count). The number of nitrogens with zero attached hydrogens (tertiary/aromatic N) is 2. The SMILES string of the molecule is Cc1ccc(C(=O)c2ncccn2)cc1C. The molecule has 3 heteroatoms. The van der Waals surface area contributed by atoms with Gasteiger partial charge < -0.3 is 0 Å². The first-order chi connectivity index (χ1) is 7.68. The van der Waals surface area contributed by atoms with Gasteiger partial charge in [0.25, 0.3) is 0 Å². The van der Waals surface area contributed by atoms with Crippen LogP contribution in [-0.4, -0.2) is 15.8 Å². The molecule has 0 aliphatic carbocycles. The minimum atomic E-state index is -0.135. The molecule has 0 amide bonds. The molecule has 0 fully saturated rings. The topological polar surface area (TPSA) is 42.9 Å². The Balaban J connectivity index is 2.39. The Morgan fingerprint density at radius 3 is 2.38 bits per heavy atom. The molecule has 0 unspecified atom stereocenters. The van der Waals surface area contributed by atoms with Gasteiger partial charge in [0, 0.05) is 18.0 Å². The van der Waals surface area contributed by atoms with E-state index in [1.165, 1.54) is 5.56 Å². The van der Waals surface area contributed by atoms with Gasteiger partial charge >= 0.3 is 0 Å². The first-order valence-corrected chi connectivity index (χ1v) is 5.07. The molecule has 0 bridgehead atoms. The molecule has 0 atom stereocenters. The van der Waals surface area contributed by atoms with Gasteiger partial charge in [0.1, 0.15) is 0 Å². The molecule has 0 spiro atoms. The monoisotopic (exact) mass is 212 g/mol. The lowest BCUT2D eigenvalue weighted by Gasteiger charge is -2.03. The highest BCUT2D eigenvalue weighted by molar-refractivity contribution is 6.06. The third-order valence-corrected chi connectivity index (χ3v) is 2.54. The molecular formula is C13H12N2O. The number of carbonyl (C=O) groups excluding carboxylic acids is 1. The molecule has 1 aromatic heterocycles. The summed E-state index contributed by atoms with van der Waals surface area (Å²) in [6.45, 7) is 4.00. The number of rotatable bonds is 2. The van der Waals surface area contributed by atoms with Crippen molar-refractivity contribution in [2.24, 2.45) is 0 Å². The van der Waals surface area contributed by atoms with Crippen molar-refractivity contribution in [1.29, 1.82) is 0 Å². The number of aromatic nitrogens is 2. The van der Waals surface area contributed by atoms with Gasteiger partial charge in [0.05, 0.1) is 0 Å². The summed E-state index contributed by atoms with van der Waals surface area (Å²) in [6.07, 6.45) is 3.14. The molecule has 0 saturated carbocycles. The van der Waals surface area contributed by atoms with Crippen LogP contribution in [0.1, 0.15) is 27.3 Å². The predicted octanol–water partition coefficient (Wildman–Crippen LogP) is 2.32. The van der Waals surface area contributed by atoms with E-state index in [4.69, 9.17) is 0 Å². The zero-order valence-electron chi connectivity index (χ0n) is 9.27. The summed E-state index contributed by atoms with van der Waals surface area (Å²) in [5, 5.41) is 0. The Morgan fingerprint density at radius 2 is 1.75 bits per heavy atom. The highest BCUT2D eigenvalue weighted by atomic mass is 16.1. The number of hydrogen-bond donors (Lipinski definition) is 0. The third kappa shape index (κ3) is 1.98. The fraction of sp³-hybridized carbons (Fsp3) is 0.154. The van der Waals surface area contributed by atoms with Crippen molar-refractivity contribution >= 4 is 5.78 Å². The van der Waals surface area contributed by atoms with Crippen LogP contribution in [-0.2, 0) is 0 Å². The number of carbonyl (C=O) groups is 1. The van der Waals surface area contributed by atoms with E-state index in [2.05, 4.69) is 9.97 Å². The maximum Gasteiger partial charge on any atom is 0.230 e. The summed E-state index contributed by atoms with van der Waals surface area (Å²) in [7, 11) is 0. The minimum Gasteiger partial charge on any atom is -0.285 e. The van der Waals surface area contributed by atoms with E-state index in [9.17, 15) is 4.79 Å². The van der Waals surface area contributed by atoms with Crippen LogP contribution >= 0.6 is 0 Å². The molecule has 1 aromatic carbocycles.